The quantitative estimate of drug-likeness (QED) is 0.791. The minimum atomic E-state index is -0.175. The molecule has 0 radical (unpaired) electrons. The average Bonchev–Trinajstić information content (AvgIpc) is 2.98. The molecule has 0 N–H and O–H groups in total. The minimum Gasteiger partial charge on any atom is -0.469 e. The van der Waals surface area contributed by atoms with E-state index in [9.17, 15) is 9.59 Å². The van der Waals surface area contributed by atoms with Crippen molar-refractivity contribution < 1.29 is 14.3 Å². The van der Waals surface area contributed by atoms with Gasteiger partial charge in [0.25, 0.3) is 5.91 Å². The van der Waals surface area contributed by atoms with Crippen LogP contribution in [0.25, 0.3) is 0 Å². The number of carbonyl (C=O) groups excluding carboxylic acids is 2. The van der Waals surface area contributed by atoms with Crippen molar-refractivity contribution in [3.05, 3.63) is 52.8 Å². The number of methoxy groups -OCH3 is 1. The summed E-state index contributed by atoms with van der Waals surface area (Å²) in [4.78, 5) is 26.1. The topological polar surface area (TPSA) is 64.4 Å². The molecular weight excluding hydrogens is 330 g/mol. The second-order valence-electron chi connectivity index (χ2n) is 6.87. The van der Waals surface area contributed by atoms with Crippen molar-refractivity contribution in [3.8, 4) is 0 Å². The number of benzene rings is 1. The van der Waals surface area contributed by atoms with E-state index in [2.05, 4.69) is 11.2 Å². The normalized spacial score (nSPS) is 15.1. The van der Waals surface area contributed by atoms with Crippen LogP contribution in [0.15, 0.2) is 30.3 Å². The molecule has 6 nitrogen and oxygen atoms in total. The molecule has 1 fully saturated rings. The predicted octanol–water partition coefficient (Wildman–Crippen LogP) is 2.57. The molecule has 0 aliphatic carbocycles. The largest absolute Gasteiger partial charge is 0.469 e. The molecule has 0 bridgehead atoms. The molecule has 0 unspecified atom stereocenters. The Bertz CT molecular complexity index is 787. The molecule has 2 aromatic rings. The number of likely N-dealkylation sites (tertiary alicyclic amines) is 1. The molecule has 1 amide bonds. The van der Waals surface area contributed by atoms with Gasteiger partial charge >= 0.3 is 5.97 Å². The summed E-state index contributed by atoms with van der Waals surface area (Å²) in [7, 11) is 1.41. The summed E-state index contributed by atoms with van der Waals surface area (Å²) in [6.07, 6.45) is 1.32. The second-order valence-corrected chi connectivity index (χ2v) is 6.87. The summed E-state index contributed by atoms with van der Waals surface area (Å²) >= 11 is 0. The maximum Gasteiger partial charge on any atom is 0.308 e. The van der Waals surface area contributed by atoms with Crippen LogP contribution in [0, 0.1) is 19.8 Å². The monoisotopic (exact) mass is 355 g/mol. The third-order valence-corrected chi connectivity index (χ3v) is 4.95. The predicted molar refractivity (Wildman–Crippen MR) is 97.9 cm³/mol. The molecule has 0 atom stereocenters. The lowest BCUT2D eigenvalue weighted by Gasteiger charge is -2.30. The van der Waals surface area contributed by atoms with E-state index in [1.165, 1.54) is 7.11 Å². The first-order valence-electron chi connectivity index (χ1n) is 8.95. The number of hydrogen-bond acceptors (Lipinski definition) is 4. The summed E-state index contributed by atoms with van der Waals surface area (Å²) in [6, 6.07) is 9.75. The van der Waals surface area contributed by atoms with E-state index >= 15 is 0 Å². The first kappa shape index (κ1) is 18.2. The van der Waals surface area contributed by atoms with Gasteiger partial charge in [-0.25, -0.2) is 0 Å². The van der Waals surface area contributed by atoms with Gasteiger partial charge in [-0.15, -0.1) is 0 Å². The minimum absolute atomic E-state index is 0.0194. The molecule has 0 saturated carbocycles. The Morgan fingerprint density at radius 1 is 1.15 bits per heavy atom. The fourth-order valence-corrected chi connectivity index (χ4v) is 3.43. The van der Waals surface area contributed by atoms with E-state index in [-0.39, 0.29) is 17.8 Å². The number of aryl methyl sites for hydroxylation is 2. The summed E-state index contributed by atoms with van der Waals surface area (Å²) in [5.41, 5.74) is 3.91. The summed E-state index contributed by atoms with van der Waals surface area (Å²) in [6.45, 7) is 5.89. The smallest absolute Gasteiger partial charge is 0.308 e. The standard InChI is InChI=1S/C20H25N3O3/c1-14-12-15(2)23(21-14)13-16-4-6-17(7-5-16)19(24)22-10-8-18(9-11-22)20(25)26-3/h4-7,12,18H,8-11,13H2,1-3H3. The van der Waals surface area contributed by atoms with E-state index in [1.54, 1.807) is 0 Å². The molecule has 2 heterocycles. The van der Waals surface area contributed by atoms with Crippen LogP contribution >= 0.6 is 0 Å². The number of ether oxygens (including phenoxy) is 1. The molecular formula is C20H25N3O3. The Hall–Kier alpha value is -2.63. The van der Waals surface area contributed by atoms with Gasteiger partial charge in [-0.1, -0.05) is 12.1 Å². The third-order valence-electron chi connectivity index (χ3n) is 4.95. The average molecular weight is 355 g/mol. The summed E-state index contributed by atoms with van der Waals surface area (Å²) < 4.78 is 6.75. The Kier molecular flexibility index (Phi) is 5.40. The maximum atomic E-state index is 12.7. The second kappa shape index (κ2) is 7.72. The fourth-order valence-electron chi connectivity index (χ4n) is 3.43. The van der Waals surface area contributed by atoms with Crippen molar-refractivity contribution in [1.82, 2.24) is 14.7 Å². The summed E-state index contributed by atoms with van der Waals surface area (Å²) in [5.74, 6) is -0.247. The Morgan fingerprint density at radius 3 is 2.35 bits per heavy atom. The molecule has 0 spiro atoms. The van der Waals surface area contributed by atoms with Crippen LogP contribution in [0.4, 0.5) is 0 Å². The van der Waals surface area contributed by atoms with Gasteiger partial charge in [-0.05, 0) is 50.5 Å². The molecule has 1 aliphatic rings. The van der Waals surface area contributed by atoms with Crippen LogP contribution in [0.5, 0.6) is 0 Å². The van der Waals surface area contributed by atoms with Crippen LogP contribution in [0.1, 0.15) is 40.2 Å². The van der Waals surface area contributed by atoms with Gasteiger partial charge in [-0.3, -0.25) is 14.3 Å². The number of nitrogens with zero attached hydrogens (tertiary/aromatic N) is 3. The number of aromatic nitrogens is 2. The van der Waals surface area contributed by atoms with Crippen molar-refractivity contribution >= 4 is 11.9 Å². The van der Waals surface area contributed by atoms with E-state index in [1.807, 2.05) is 47.7 Å². The van der Waals surface area contributed by atoms with Gasteiger partial charge in [-0.2, -0.15) is 5.10 Å². The highest BCUT2D eigenvalue weighted by molar-refractivity contribution is 5.94. The molecule has 1 aromatic carbocycles. The number of amides is 1. The van der Waals surface area contributed by atoms with Gasteiger partial charge < -0.3 is 9.64 Å². The SMILES string of the molecule is COC(=O)C1CCN(C(=O)c2ccc(Cn3nc(C)cc3C)cc2)CC1. The summed E-state index contributed by atoms with van der Waals surface area (Å²) in [5, 5.41) is 4.47. The zero-order valence-corrected chi connectivity index (χ0v) is 15.6. The lowest BCUT2D eigenvalue weighted by molar-refractivity contribution is -0.146. The lowest BCUT2D eigenvalue weighted by atomic mass is 9.96. The fraction of sp³-hybridized carbons (Fsp3) is 0.450. The van der Waals surface area contributed by atoms with Crippen molar-refractivity contribution in [2.45, 2.75) is 33.2 Å². The molecule has 26 heavy (non-hydrogen) atoms. The van der Waals surface area contributed by atoms with E-state index in [0.29, 0.717) is 38.0 Å². The van der Waals surface area contributed by atoms with Gasteiger partial charge in [0.1, 0.15) is 0 Å². The third kappa shape index (κ3) is 3.95. The van der Waals surface area contributed by atoms with E-state index < -0.39 is 0 Å². The number of rotatable bonds is 4. The van der Waals surface area contributed by atoms with Gasteiger partial charge in [0, 0.05) is 24.3 Å². The van der Waals surface area contributed by atoms with Crippen LogP contribution < -0.4 is 0 Å². The number of carbonyl (C=O) groups is 2. The molecule has 1 aliphatic heterocycles. The zero-order chi connectivity index (χ0) is 18.7. The highest BCUT2D eigenvalue weighted by Gasteiger charge is 2.28. The van der Waals surface area contributed by atoms with Gasteiger partial charge in [0.05, 0.1) is 25.3 Å². The van der Waals surface area contributed by atoms with Crippen LogP contribution in [-0.4, -0.2) is 46.8 Å². The highest BCUT2D eigenvalue weighted by atomic mass is 16.5. The molecule has 1 saturated heterocycles. The maximum absolute atomic E-state index is 12.7. The van der Waals surface area contributed by atoms with Crippen LogP contribution in [0.2, 0.25) is 0 Å². The van der Waals surface area contributed by atoms with Crippen molar-refractivity contribution in [2.24, 2.45) is 5.92 Å². The zero-order valence-electron chi connectivity index (χ0n) is 15.6. The van der Waals surface area contributed by atoms with Crippen molar-refractivity contribution in [3.63, 3.8) is 0 Å². The Morgan fingerprint density at radius 2 is 1.81 bits per heavy atom. The Balaban J connectivity index is 1.61. The molecule has 3 rings (SSSR count). The number of piperidine rings is 1. The van der Waals surface area contributed by atoms with Crippen molar-refractivity contribution in [1.29, 1.82) is 0 Å². The Labute approximate surface area is 153 Å². The van der Waals surface area contributed by atoms with Crippen LogP contribution in [-0.2, 0) is 16.1 Å². The lowest BCUT2D eigenvalue weighted by Crippen LogP contribution is -2.40. The van der Waals surface area contributed by atoms with Crippen molar-refractivity contribution in [2.75, 3.05) is 20.2 Å². The number of hydrogen-bond donors (Lipinski definition) is 0. The molecule has 6 heteroatoms. The van der Waals surface area contributed by atoms with E-state index in [0.717, 1.165) is 17.0 Å². The number of esters is 1. The van der Waals surface area contributed by atoms with Gasteiger partial charge in [0.15, 0.2) is 0 Å². The van der Waals surface area contributed by atoms with Gasteiger partial charge in [0.2, 0.25) is 0 Å². The highest BCUT2D eigenvalue weighted by Crippen LogP contribution is 2.20. The first-order valence-corrected chi connectivity index (χ1v) is 8.95. The van der Waals surface area contributed by atoms with E-state index in [4.69, 9.17) is 4.74 Å². The molecule has 1 aromatic heterocycles. The molecule has 138 valence electrons. The first-order chi connectivity index (χ1) is 12.5. The van der Waals surface area contributed by atoms with Crippen LogP contribution in [0.3, 0.4) is 0 Å².